The van der Waals surface area contributed by atoms with Crippen molar-refractivity contribution in [3.05, 3.63) is 58.5 Å². The van der Waals surface area contributed by atoms with E-state index in [9.17, 15) is 4.79 Å². The molecule has 0 aliphatic heterocycles. The van der Waals surface area contributed by atoms with Crippen molar-refractivity contribution >= 4 is 28.2 Å². The molecule has 0 aliphatic rings. The zero-order chi connectivity index (χ0) is 17.8. The predicted octanol–water partition coefficient (Wildman–Crippen LogP) is 4.66. The van der Waals surface area contributed by atoms with Gasteiger partial charge in [-0.3, -0.25) is 4.79 Å². The standard InChI is InChI=1S/C20H24N2O2S/c1-13(2)20(18-9-6-10-25-18)21-12-19(23)22-14(3)17-11-15-7-4-5-8-16(15)24-17/h4-11,13-14,20-21H,12H2,1-3H3,(H,22,23)/t14-,20+/m0/s1. The van der Waals surface area contributed by atoms with Crippen LogP contribution in [0.2, 0.25) is 0 Å². The Morgan fingerprint density at radius 1 is 1.16 bits per heavy atom. The molecule has 0 fully saturated rings. The van der Waals surface area contributed by atoms with Crippen LogP contribution in [0.25, 0.3) is 11.0 Å². The number of carbonyl (C=O) groups excluding carboxylic acids is 1. The van der Waals surface area contributed by atoms with Crippen molar-refractivity contribution in [1.82, 2.24) is 10.6 Å². The Hall–Kier alpha value is -2.11. The van der Waals surface area contributed by atoms with Crippen LogP contribution < -0.4 is 10.6 Å². The van der Waals surface area contributed by atoms with Gasteiger partial charge in [0, 0.05) is 16.3 Å². The summed E-state index contributed by atoms with van der Waals surface area (Å²) in [5.41, 5.74) is 0.842. The fourth-order valence-corrected chi connectivity index (χ4v) is 3.89. The Morgan fingerprint density at radius 3 is 2.64 bits per heavy atom. The average Bonchev–Trinajstić information content (AvgIpc) is 3.24. The number of nitrogens with one attached hydrogen (secondary N) is 2. The number of benzene rings is 1. The third kappa shape index (κ3) is 4.30. The lowest BCUT2D eigenvalue weighted by molar-refractivity contribution is -0.121. The van der Waals surface area contributed by atoms with Gasteiger partial charge in [-0.05, 0) is 36.4 Å². The van der Waals surface area contributed by atoms with E-state index in [2.05, 4.69) is 35.9 Å². The highest BCUT2D eigenvalue weighted by Gasteiger charge is 2.19. The van der Waals surface area contributed by atoms with E-state index in [0.29, 0.717) is 5.92 Å². The van der Waals surface area contributed by atoms with Gasteiger partial charge in [0.2, 0.25) is 5.91 Å². The number of para-hydroxylation sites is 1. The van der Waals surface area contributed by atoms with Gasteiger partial charge >= 0.3 is 0 Å². The highest BCUT2D eigenvalue weighted by Crippen LogP contribution is 2.26. The molecular formula is C20H24N2O2S. The van der Waals surface area contributed by atoms with E-state index in [0.717, 1.165) is 16.7 Å². The van der Waals surface area contributed by atoms with E-state index < -0.39 is 0 Å². The van der Waals surface area contributed by atoms with Gasteiger partial charge in [-0.1, -0.05) is 38.1 Å². The first-order chi connectivity index (χ1) is 12.0. The molecule has 2 aromatic heterocycles. The minimum Gasteiger partial charge on any atom is -0.459 e. The molecule has 0 unspecified atom stereocenters. The molecule has 0 saturated heterocycles. The number of carbonyl (C=O) groups is 1. The lowest BCUT2D eigenvalue weighted by Gasteiger charge is -2.21. The van der Waals surface area contributed by atoms with Gasteiger partial charge in [0.1, 0.15) is 11.3 Å². The average molecular weight is 356 g/mol. The summed E-state index contributed by atoms with van der Waals surface area (Å²) < 4.78 is 5.82. The van der Waals surface area contributed by atoms with Crippen molar-refractivity contribution in [2.24, 2.45) is 5.92 Å². The van der Waals surface area contributed by atoms with E-state index in [1.165, 1.54) is 4.88 Å². The second-order valence-electron chi connectivity index (χ2n) is 6.59. The molecule has 2 atom stereocenters. The van der Waals surface area contributed by atoms with Gasteiger partial charge in [-0.2, -0.15) is 0 Å². The lowest BCUT2D eigenvalue weighted by atomic mass is 10.0. The molecule has 0 saturated carbocycles. The van der Waals surface area contributed by atoms with Crippen molar-refractivity contribution < 1.29 is 9.21 Å². The molecular weight excluding hydrogens is 332 g/mol. The fraction of sp³-hybridized carbons (Fsp3) is 0.350. The molecule has 0 spiro atoms. The molecule has 0 radical (unpaired) electrons. The summed E-state index contributed by atoms with van der Waals surface area (Å²) in [5.74, 6) is 1.16. The minimum atomic E-state index is -0.166. The van der Waals surface area contributed by atoms with Crippen LogP contribution >= 0.6 is 11.3 Å². The van der Waals surface area contributed by atoms with Crippen LogP contribution in [0.15, 0.2) is 52.3 Å². The van der Waals surface area contributed by atoms with Gasteiger partial charge in [0.25, 0.3) is 0 Å². The summed E-state index contributed by atoms with van der Waals surface area (Å²) in [4.78, 5) is 13.6. The second-order valence-corrected chi connectivity index (χ2v) is 7.57. The van der Waals surface area contributed by atoms with Crippen LogP contribution in [-0.4, -0.2) is 12.5 Å². The zero-order valence-electron chi connectivity index (χ0n) is 14.8. The highest BCUT2D eigenvalue weighted by molar-refractivity contribution is 7.10. The quantitative estimate of drug-likeness (QED) is 0.647. The summed E-state index contributed by atoms with van der Waals surface area (Å²) in [6.07, 6.45) is 0. The molecule has 2 heterocycles. The Morgan fingerprint density at radius 2 is 1.96 bits per heavy atom. The van der Waals surface area contributed by atoms with Crippen molar-refractivity contribution in [1.29, 1.82) is 0 Å². The molecule has 0 bridgehead atoms. The molecule has 2 N–H and O–H groups in total. The number of thiophene rings is 1. The van der Waals surface area contributed by atoms with E-state index in [4.69, 9.17) is 4.42 Å². The van der Waals surface area contributed by atoms with E-state index in [1.54, 1.807) is 11.3 Å². The molecule has 1 amide bonds. The molecule has 0 aliphatic carbocycles. The number of hydrogen-bond donors (Lipinski definition) is 2. The van der Waals surface area contributed by atoms with Crippen molar-refractivity contribution in [3.63, 3.8) is 0 Å². The zero-order valence-corrected chi connectivity index (χ0v) is 15.6. The number of furan rings is 1. The second kappa shape index (κ2) is 7.85. The van der Waals surface area contributed by atoms with E-state index in [1.807, 2.05) is 43.3 Å². The number of fused-ring (bicyclic) bond motifs is 1. The van der Waals surface area contributed by atoms with E-state index >= 15 is 0 Å². The SMILES string of the molecule is CC(C)[C@@H](NCC(=O)N[C@@H](C)c1cc2ccccc2o1)c1cccs1. The normalized spacial score (nSPS) is 13.9. The van der Waals surface area contributed by atoms with Crippen molar-refractivity contribution in [3.8, 4) is 0 Å². The smallest absolute Gasteiger partial charge is 0.234 e. The van der Waals surface area contributed by atoms with Crippen LogP contribution in [0.1, 0.15) is 43.5 Å². The van der Waals surface area contributed by atoms with Gasteiger partial charge < -0.3 is 15.1 Å². The fourth-order valence-electron chi connectivity index (χ4n) is 2.92. The Balaban J connectivity index is 1.58. The topological polar surface area (TPSA) is 54.3 Å². The van der Waals surface area contributed by atoms with Crippen molar-refractivity contribution in [2.45, 2.75) is 32.9 Å². The maximum Gasteiger partial charge on any atom is 0.234 e. The third-order valence-electron chi connectivity index (χ3n) is 4.25. The molecule has 132 valence electrons. The highest BCUT2D eigenvalue weighted by atomic mass is 32.1. The molecule has 1 aromatic carbocycles. The lowest BCUT2D eigenvalue weighted by Crippen LogP contribution is -2.38. The van der Waals surface area contributed by atoms with Crippen LogP contribution in [0, 0.1) is 5.92 Å². The first-order valence-electron chi connectivity index (χ1n) is 8.59. The third-order valence-corrected chi connectivity index (χ3v) is 5.20. The first kappa shape index (κ1) is 17.7. The number of rotatable bonds is 7. The maximum atomic E-state index is 12.3. The molecule has 4 nitrogen and oxygen atoms in total. The molecule has 5 heteroatoms. The largest absolute Gasteiger partial charge is 0.459 e. The summed E-state index contributed by atoms with van der Waals surface area (Å²) in [5, 5.41) is 9.49. The maximum absolute atomic E-state index is 12.3. The Bertz CT molecular complexity index is 790. The van der Waals surface area contributed by atoms with E-state index in [-0.39, 0.29) is 24.5 Å². The van der Waals surface area contributed by atoms with Gasteiger partial charge in [0.15, 0.2) is 0 Å². The predicted molar refractivity (Wildman–Crippen MR) is 103 cm³/mol. The first-order valence-corrected chi connectivity index (χ1v) is 9.47. The van der Waals surface area contributed by atoms with Gasteiger partial charge in [0.05, 0.1) is 12.6 Å². The summed E-state index contributed by atoms with van der Waals surface area (Å²) in [7, 11) is 0. The Labute approximate surface area is 152 Å². The van der Waals surface area contributed by atoms with Crippen molar-refractivity contribution in [2.75, 3.05) is 6.54 Å². The van der Waals surface area contributed by atoms with Crippen LogP contribution in [0.5, 0.6) is 0 Å². The molecule has 3 aromatic rings. The monoisotopic (exact) mass is 356 g/mol. The summed E-state index contributed by atoms with van der Waals surface area (Å²) in [6, 6.07) is 14.0. The van der Waals surface area contributed by atoms with Gasteiger partial charge in [-0.15, -0.1) is 11.3 Å². The van der Waals surface area contributed by atoms with Crippen LogP contribution in [0.4, 0.5) is 0 Å². The summed E-state index contributed by atoms with van der Waals surface area (Å²) in [6.45, 7) is 6.54. The Kier molecular flexibility index (Phi) is 5.56. The van der Waals surface area contributed by atoms with Crippen LogP contribution in [0.3, 0.4) is 0 Å². The molecule has 25 heavy (non-hydrogen) atoms. The molecule has 3 rings (SSSR count). The number of hydrogen-bond acceptors (Lipinski definition) is 4. The summed E-state index contributed by atoms with van der Waals surface area (Å²) >= 11 is 1.71. The minimum absolute atomic E-state index is 0.0323. The van der Waals surface area contributed by atoms with Crippen LogP contribution in [-0.2, 0) is 4.79 Å². The number of amides is 1. The van der Waals surface area contributed by atoms with Gasteiger partial charge in [-0.25, -0.2) is 0 Å².